The first-order valence-electron chi connectivity index (χ1n) is 6.95. The predicted molar refractivity (Wildman–Crippen MR) is 95.2 cm³/mol. The van der Waals surface area contributed by atoms with Crippen LogP contribution in [0.3, 0.4) is 0 Å². The Bertz CT molecular complexity index is 495. The molecule has 3 nitrogen and oxygen atoms in total. The standard InChI is InChI=1S/C15H21Cl2N3.ClH/c1-8(2)12-13(9(3)4)19-15(18-12)20-14-10(16)6-5-7-11(14)17;/h5-9,12-13H,1-4H3,(H2,18,19,20);1H/t12-,13-;/m0./s1. The molecule has 0 aromatic heterocycles. The summed E-state index contributed by atoms with van der Waals surface area (Å²) in [5.41, 5.74) is 0.703. The van der Waals surface area contributed by atoms with Gasteiger partial charge in [-0.05, 0) is 24.0 Å². The molecule has 21 heavy (non-hydrogen) atoms. The van der Waals surface area contributed by atoms with Gasteiger partial charge in [-0.1, -0.05) is 57.0 Å². The average molecular weight is 351 g/mol. The Kier molecular flexibility index (Phi) is 6.64. The molecule has 1 aliphatic heterocycles. The summed E-state index contributed by atoms with van der Waals surface area (Å²) in [6, 6.07) is 6.04. The van der Waals surface area contributed by atoms with Gasteiger partial charge in [-0.15, -0.1) is 12.4 Å². The van der Waals surface area contributed by atoms with Gasteiger partial charge in [-0.2, -0.15) is 0 Å². The fourth-order valence-electron chi connectivity index (χ4n) is 2.44. The Labute approximate surface area is 142 Å². The van der Waals surface area contributed by atoms with E-state index >= 15 is 0 Å². The molecule has 1 aromatic carbocycles. The Morgan fingerprint density at radius 2 is 1.67 bits per heavy atom. The van der Waals surface area contributed by atoms with Crippen molar-refractivity contribution in [2.45, 2.75) is 39.8 Å². The number of hydrogen-bond acceptors (Lipinski definition) is 3. The summed E-state index contributed by atoms with van der Waals surface area (Å²) in [5.74, 6) is 1.74. The predicted octanol–water partition coefficient (Wildman–Crippen LogP) is 4.84. The van der Waals surface area contributed by atoms with Gasteiger partial charge in [0, 0.05) is 0 Å². The van der Waals surface area contributed by atoms with Gasteiger partial charge in [0.2, 0.25) is 0 Å². The number of nitrogens with zero attached hydrogens (tertiary/aromatic N) is 1. The molecule has 0 spiro atoms. The van der Waals surface area contributed by atoms with Gasteiger partial charge >= 0.3 is 0 Å². The van der Waals surface area contributed by atoms with Crippen LogP contribution in [0.2, 0.25) is 10.0 Å². The summed E-state index contributed by atoms with van der Waals surface area (Å²) in [7, 11) is 0. The molecule has 0 radical (unpaired) electrons. The second kappa shape index (κ2) is 7.57. The van der Waals surface area contributed by atoms with Crippen molar-refractivity contribution in [1.82, 2.24) is 5.32 Å². The molecule has 6 heteroatoms. The molecule has 0 saturated carbocycles. The summed E-state index contributed by atoms with van der Waals surface area (Å²) in [6.07, 6.45) is 0. The summed E-state index contributed by atoms with van der Waals surface area (Å²) in [5, 5.41) is 7.86. The van der Waals surface area contributed by atoms with Crippen LogP contribution in [0.15, 0.2) is 23.2 Å². The summed E-state index contributed by atoms with van der Waals surface area (Å²) < 4.78 is 0. The first-order chi connectivity index (χ1) is 9.40. The molecular formula is C15H22Cl3N3. The van der Waals surface area contributed by atoms with E-state index in [1.54, 1.807) is 0 Å². The lowest BCUT2D eigenvalue weighted by molar-refractivity contribution is 0.348. The molecule has 2 atom stereocenters. The quantitative estimate of drug-likeness (QED) is 0.818. The lowest BCUT2D eigenvalue weighted by Crippen LogP contribution is -2.42. The number of guanidine groups is 1. The first kappa shape index (κ1) is 18.4. The molecule has 0 bridgehead atoms. The van der Waals surface area contributed by atoms with Crippen molar-refractivity contribution in [2.24, 2.45) is 16.8 Å². The van der Waals surface area contributed by atoms with Crippen LogP contribution in [0.25, 0.3) is 0 Å². The van der Waals surface area contributed by atoms with Crippen LogP contribution in [-0.4, -0.2) is 18.0 Å². The van der Waals surface area contributed by atoms with Crippen molar-refractivity contribution in [3.05, 3.63) is 28.2 Å². The van der Waals surface area contributed by atoms with Crippen LogP contribution >= 0.6 is 35.6 Å². The summed E-state index contributed by atoms with van der Waals surface area (Å²) >= 11 is 12.4. The van der Waals surface area contributed by atoms with Crippen LogP contribution in [0.5, 0.6) is 0 Å². The summed E-state index contributed by atoms with van der Waals surface area (Å²) in [6.45, 7) is 8.79. The topological polar surface area (TPSA) is 36.4 Å². The van der Waals surface area contributed by atoms with Crippen molar-refractivity contribution < 1.29 is 0 Å². The van der Waals surface area contributed by atoms with Gasteiger partial charge in [-0.3, -0.25) is 0 Å². The van der Waals surface area contributed by atoms with E-state index in [1.165, 1.54) is 0 Å². The minimum absolute atomic E-state index is 0. The molecule has 1 aliphatic rings. The van der Waals surface area contributed by atoms with E-state index in [9.17, 15) is 0 Å². The molecule has 0 amide bonds. The molecule has 118 valence electrons. The van der Waals surface area contributed by atoms with E-state index < -0.39 is 0 Å². The number of para-hydroxylation sites is 1. The molecule has 1 heterocycles. The van der Waals surface area contributed by atoms with E-state index in [-0.39, 0.29) is 18.4 Å². The van der Waals surface area contributed by atoms with Crippen LogP contribution in [0.4, 0.5) is 5.69 Å². The molecular weight excluding hydrogens is 329 g/mol. The maximum atomic E-state index is 6.18. The van der Waals surface area contributed by atoms with Crippen LogP contribution < -0.4 is 10.6 Å². The Morgan fingerprint density at radius 3 is 2.10 bits per heavy atom. The molecule has 2 rings (SSSR count). The Morgan fingerprint density at radius 1 is 1.10 bits per heavy atom. The molecule has 0 fully saturated rings. The molecule has 0 aliphatic carbocycles. The van der Waals surface area contributed by atoms with E-state index in [1.807, 2.05) is 18.2 Å². The second-order valence-electron chi connectivity index (χ2n) is 5.85. The van der Waals surface area contributed by atoms with Gasteiger partial charge in [0.15, 0.2) is 5.96 Å². The minimum Gasteiger partial charge on any atom is -0.351 e. The highest BCUT2D eigenvalue weighted by Crippen LogP contribution is 2.31. The molecule has 2 N–H and O–H groups in total. The van der Waals surface area contributed by atoms with Gasteiger partial charge in [0.1, 0.15) is 0 Å². The van der Waals surface area contributed by atoms with Crippen molar-refractivity contribution >= 4 is 47.3 Å². The molecule has 0 saturated heterocycles. The van der Waals surface area contributed by atoms with Crippen molar-refractivity contribution in [1.29, 1.82) is 0 Å². The summed E-state index contributed by atoms with van der Waals surface area (Å²) in [4.78, 5) is 4.74. The van der Waals surface area contributed by atoms with Crippen LogP contribution in [-0.2, 0) is 0 Å². The number of nitrogens with one attached hydrogen (secondary N) is 2. The lowest BCUT2D eigenvalue weighted by Gasteiger charge is -2.24. The van der Waals surface area contributed by atoms with E-state index in [4.69, 9.17) is 28.2 Å². The van der Waals surface area contributed by atoms with E-state index in [2.05, 4.69) is 38.3 Å². The first-order valence-corrected chi connectivity index (χ1v) is 7.71. The van der Waals surface area contributed by atoms with Crippen molar-refractivity contribution in [3.63, 3.8) is 0 Å². The number of hydrogen-bond donors (Lipinski definition) is 2. The third kappa shape index (κ3) is 4.18. The minimum atomic E-state index is 0. The number of halogens is 3. The van der Waals surface area contributed by atoms with E-state index in [0.29, 0.717) is 33.6 Å². The highest BCUT2D eigenvalue weighted by atomic mass is 35.5. The average Bonchev–Trinajstić information content (AvgIpc) is 2.78. The number of anilines is 1. The number of aliphatic imine (C=N–C) groups is 1. The second-order valence-corrected chi connectivity index (χ2v) is 6.66. The van der Waals surface area contributed by atoms with Crippen molar-refractivity contribution in [2.75, 3.05) is 5.32 Å². The van der Waals surface area contributed by atoms with Crippen LogP contribution in [0.1, 0.15) is 27.7 Å². The fourth-order valence-corrected chi connectivity index (χ4v) is 2.93. The fraction of sp³-hybridized carbons (Fsp3) is 0.533. The smallest absolute Gasteiger partial charge is 0.196 e. The zero-order valence-electron chi connectivity index (χ0n) is 12.7. The number of rotatable bonds is 3. The monoisotopic (exact) mass is 349 g/mol. The lowest BCUT2D eigenvalue weighted by atomic mass is 9.90. The highest BCUT2D eigenvalue weighted by molar-refractivity contribution is 6.39. The van der Waals surface area contributed by atoms with Crippen molar-refractivity contribution in [3.8, 4) is 0 Å². The molecule has 1 aromatic rings. The normalized spacial score (nSPS) is 21.0. The highest BCUT2D eigenvalue weighted by Gasteiger charge is 2.33. The zero-order valence-corrected chi connectivity index (χ0v) is 15.0. The molecule has 0 unspecified atom stereocenters. The van der Waals surface area contributed by atoms with Gasteiger partial charge in [0.25, 0.3) is 0 Å². The number of benzene rings is 1. The van der Waals surface area contributed by atoms with Gasteiger partial charge < -0.3 is 10.6 Å². The van der Waals surface area contributed by atoms with Gasteiger partial charge in [0.05, 0.1) is 27.8 Å². The largest absolute Gasteiger partial charge is 0.351 e. The Balaban J connectivity index is 0.00000220. The zero-order chi connectivity index (χ0) is 14.9. The maximum Gasteiger partial charge on any atom is 0.196 e. The van der Waals surface area contributed by atoms with Gasteiger partial charge in [-0.25, -0.2) is 4.99 Å². The maximum absolute atomic E-state index is 6.18. The SMILES string of the molecule is CC(C)[C@@H]1N=C(Nc2c(Cl)cccc2Cl)N[C@H]1C(C)C.Cl. The third-order valence-corrected chi connectivity index (χ3v) is 4.19. The third-order valence-electron chi connectivity index (χ3n) is 3.56. The van der Waals surface area contributed by atoms with Crippen LogP contribution in [0, 0.1) is 11.8 Å². The van der Waals surface area contributed by atoms with E-state index in [0.717, 1.165) is 5.96 Å². The Hall–Kier alpha value is -0.640.